The molecule has 9 nitrogen and oxygen atoms in total. The first-order valence-corrected chi connectivity index (χ1v) is 21.6. The van der Waals surface area contributed by atoms with Gasteiger partial charge in [-0.1, -0.05) is 34.6 Å². The summed E-state index contributed by atoms with van der Waals surface area (Å²) in [4.78, 5) is 5.12. The Labute approximate surface area is 322 Å². The van der Waals surface area contributed by atoms with Crippen LogP contribution in [0.5, 0.6) is 0 Å². The van der Waals surface area contributed by atoms with Gasteiger partial charge < -0.3 is 33.9 Å². The van der Waals surface area contributed by atoms with Crippen molar-refractivity contribution in [3.05, 3.63) is 0 Å². The molecule has 5 aliphatic carbocycles. The maximum absolute atomic E-state index is 12.3. The first-order chi connectivity index (χ1) is 24.9. The maximum Gasteiger partial charge on any atom is 0.170 e. The van der Waals surface area contributed by atoms with Crippen molar-refractivity contribution in [1.82, 2.24) is 9.80 Å². The standard InChI is InChI=1S/C44H78N2O7/c1-12-51-37(39(5,6)48)31(50-11)23-29(2)30-24-34(47)42(9)33-14-13-32-38(3,4)35(15-16-43(32)26-44(33,43)18-17-41(30,42)8)53-36-25-46(20-22-52-36)40(7)27-45(28-40)19-21-49-10/h29-37,47-48H,12-28H2,1-11H3/t29-,30-,31?,32+,33?,34+,35+,36+,37+,41-,42-,43-,44+/m1/s1. The van der Waals surface area contributed by atoms with Gasteiger partial charge in [-0.25, -0.2) is 0 Å². The van der Waals surface area contributed by atoms with Crippen LogP contribution in [0.2, 0.25) is 0 Å². The molecule has 7 rings (SSSR count). The zero-order valence-corrected chi connectivity index (χ0v) is 35.5. The largest absolute Gasteiger partial charge is 0.393 e. The Kier molecular flexibility index (Phi) is 10.9. The van der Waals surface area contributed by atoms with E-state index >= 15 is 0 Å². The van der Waals surface area contributed by atoms with Crippen molar-refractivity contribution in [2.45, 2.75) is 162 Å². The molecule has 0 aromatic rings. The third kappa shape index (κ3) is 6.25. The van der Waals surface area contributed by atoms with Crippen LogP contribution < -0.4 is 0 Å². The zero-order chi connectivity index (χ0) is 38.4. The van der Waals surface area contributed by atoms with E-state index in [1.54, 1.807) is 14.2 Å². The predicted molar refractivity (Wildman–Crippen MR) is 207 cm³/mol. The molecule has 0 amide bonds. The lowest BCUT2D eigenvalue weighted by atomic mass is 9.41. The smallest absolute Gasteiger partial charge is 0.170 e. The van der Waals surface area contributed by atoms with E-state index in [0.29, 0.717) is 41.1 Å². The molecule has 5 saturated carbocycles. The Morgan fingerprint density at radius 3 is 2.32 bits per heavy atom. The Hall–Kier alpha value is -0.360. The molecule has 2 spiro atoms. The summed E-state index contributed by atoms with van der Waals surface area (Å²) in [6.45, 7) is 27.6. The molecule has 306 valence electrons. The Morgan fingerprint density at radius 2 is 1.66 bits per heavy atom. The molecule has 0 aromatic carbocycles. The lowest BCUT2D eigenvalue weighted by molar-refractivity contribution is -0.259. The van der Waals surface area contributed by atoms with Gasteiger partial charge in [0.05, 0.1) is 43.7 Å². The molecule has 7 aliphatic rings. The molecule has 2 heterocycles. The van der Waals surface area contributed by atoms with Crippen LogP contribution in [0.3, 0.4) is 0 Å². The van der Waals surface area contributed by atoms with Crippen molar-refractivity contribution < 1.29 is 33.9 Å². The number of aliphatic hydroxyl groups excluding tert-OH is 1. The third-order valence-corrected chi connectivity index (χ3v) is 18.0. The predicted octanol–water partition coefficient (Wildman–Crippen LogP) is 6.38. The van der Waals surface area contributed by atoms with Gasteiger partial charge in [0.2, 0.25) is 0 Å². The fourth-order valence-corrected chi connectivity index (χ4v) is 15.2. The van der Waals surface area contributed by atoms with Gasteiger partial charge in [0.1, 0.15) is 6.10 Å². The highest BCUT2D eigenvalue weighted by Crippen LogP contribution is 2.89. The minimum absolute atomic E-state index is 0.0599. The lowest BCUT2D eigenvalue weighted by Crippen LogP contribution is -2.71. The Morgan fingerprint density at radius 1 is 0.962 bits per heavy atom. The first kappa shape index (κ1) is 40.8. The van der Waals surface area contributed by atoms with Crippen LogP contribution in [0.25, 0.3) is 0 Å². The number of rotatable bonds is 14. The first-order valence-electron chi connectivity index (χ1n) is 21.6. The van der Waals surface area contributed by atoms with E-state index in [1.807, 2.05) is 20.8 Å². The molecular formula is C44H78N2O7. The van der Waals surface area contributed by atoms with Gasteiger partial charge in [-0.15, -0.1) is 0 Å². The number of morpholine rings is 1. The van der Waals surface area contributed by atoms with Crippen LogP contribution >= 0.6 is 0 Å². The van der Waals surface area contributed by atoms with Gasteiger partial charge in [-0.05, 0) is 131 Å². The Bertz CT molecular complexity index is 1300. The van der Waals surface area contributed by atoms with Crippen LogP contribution in [-0.2, 0) is 23.7 Å². The van der Waals surface area contributed by atoms with E-state index < -0.39 is 11.7 Å². The molecule has 0 bridgehead atoms. The van der Waals surface area contributed by atoms with Crippen LogP contribution in [0, 0.1) is 50.7 Å². The van der Waals surface area contributed by atoms with Crippen LogP contribution in [0.1, 0.15) is 120 Å². The molecule has 9 heteroatoms. The normalized spacial score (nSPS) is 45.2. The average Bonchev–Trinajstić information content (AvgIpc) is 3.71. The van der Waals surface area contributed by atoms with E-state index in [9.17, 15) is 10.2 Å². The minimum atomic E-state index is -0.997. The SMILES string of the molecule is CCO[C@@H](C(C[C@@H](C)[C@H]1C[C@H](O)[C@@]2(C)C3CC[C@H]4C(C)(C)[C@@H](O[C@H]5CN(C6(C)CN(CCOC)C6)CCO5)CC[C@@]45C[C@@]35CC[C@]12C)OC)C(C)(C)O. The molecular weight excluding hydrogens is 668 g/mol. The van der Waals surface area contributed by atoms with Gasteiger partial charge in [0.15, 0.2) is 6.29 Å². The number of nitrogens with zero attached hydrogens (tertiary/aromatic N) is 2. The van der Waals surface area contributed by atoms with Gasteiger partial charge in [-0.3, -0.25) is 9.80 Å². The summed E-state index contributed by atoms with van der Waals surface area (Å²) < 4.78 is 30.9. The monoisotopic (exact) mass is 747 g/mol. The molecule has 2 saturated heterocycles. The fraction of sp³-hybridized carbons (Fsp3) is 1.00. The van der Waals surface area contributed by atoms with Gasteiger partial charge in [0.25, 0.3) is 0 Å². The van der Waals surface area contributed by atoms with E-state index in [-0.39, 0.29) is 46.4 Å². The molecule has 2 N–H and O–H groups in total. The highest BCUT2D eigenvalue weighted by molar-refractivity contribution is 5.31. The second kappa shape index (κ2) is 14.2. The minimum Gasteiger partial charge on any atom is -0.393 e. The van der Waals surface area contributed by atoms with Crippen molar-refractivity contribution in [3.8, 4) is 0 Å². The summed E-state index contributed by atoms with van der Waals surface area (Å²) in [5.74, 6) is 1.94. The third-order valence-electron chi connectivity index (χ3n) is 18.0. The van der Waals surface area contributed by atoms with E-state index in [4.69, 9.17) is 23.7 Å². The van der Waals surface area contributed by atoms with Crippen molar-refractivity contribution >= 4 is 0 Å². The second-order valence-electron chi connectivity index (χ2n) is 21.2. The highest BCUT2D eigenvalue weighted by Gasteiger charge is 2.83. The van der Waals surface area contributed by atoms with Gasteiger partial charge >= 0.3 is 0 Å². The summed E-state index contributed by atoms with van der Waals surface area (Å²) in [6, 6.07) is 0. The summed E-state index contributed by atoms with van der Waals surface area (Å²) in [6.07, 6.45) is 9.45. The molecule has 13 atom stereocenters. The van der Waals surface area contributed by atoms with Crippen molar-refractivity contribution in [2.24, 2.45) is 50.7 Å². The zero-order valence-electron chi connectivity index (χ0n) is 35.5. The van der Waals surface area contributed by atoms with Crippen LogP contribution in [0.15, 0.2) is 0 Å². The number of methoxy groups -OCH3 is 2. The number of likely N-dealkylation sites (tertiary alicyclic amines) is 1. The summed E-state index contributed by atoms with van der Waals surface area (Å²) in [5.41, 5.74) is -0.0680. The lowest BCUT2D eigenvalue weighted by Gasteiger charge is -2.64. The number of hydrogen-bond acceptors (Lipinski definition) is 9. The average molecular weight is 747 g/mol. The Balaban J connectivity index is 1.03. The fourth-order valence-electron chi connectivity index (χ4n) is 15.2. The topological polar surface area (TPSA) is 93.1 Å². The van der Waals surface area contributed by atoms with E-state index in [0.717, 1.165) is 65.2 Å². The van der Waals surface area contributed by atoms with Gasteiger partial charge in [0, 0.05) is 58.0 Å². The molecule has 2 aliphatic heterocycles. The summed E-state index contributed by atoms with van der Waals surface area (Å²) >= 11 is 0. The van der Waals surface area contributed by atoms with Gasteiger partial charge in [-0.2, -0.15) is 0 Å². The second-order valence-corrected chi connectivity index (χ2v) is 21.2. The number of aliphatic hydroxyl groups is 2. The highest BCUT2D eigenvalue weighted by atomic mass is 16.7. The molecule has 7 fully saturated rings. The summed E-state index contributed by atoms with van der Waals surface area (Å²) in [5, 5.41) is 23.3. The molecule has 2 unspecified atom stereocenters. The number of ether oxygens (including phenoxy) is 5. The number of fused-ring (bicyclic) bond motifs is 2. The number of hydrogen-bond donors (Lipinski definition) is 2. The summed E-state index contributed by atoms with van der Waals surface area (Å²) in [7, 11) is 3.54. The maximum atomic E-state index is 12.3. The van der Waals surface area contributed by atoms with Crippen molar-refractivity contribution in [3.63, 3.8) is 0 Å². The van der Waals surface area contributed by atoms with Crippen LogP contribution in [-0.4, -0.2) is 129 Å². The van der Waals surface area contributed by atoms with Crippen molar-refractivity contribution in [1.29, 1.82) is 0 Å². The van der Waals surface area contributed by atoms with Crippen molar-refractivity contribution in [2.75, 3.05) is 66.8 Å². The van der Waals surface area contributed by atoms with Crippen LogP contribution in [0.4, 0.5) is 0 Å². The molecule has 53 heavy (non-hydrogen) atoms. The van der Waals surface area contributed by atoms with E-state index in [2.05, 4.69) is 51.3 Å². The molecule has 0 aromatic heterocycles. The quantitative estimate of drug-likeness (QED) is 0.210. The van der Waals surface area contributed by atoms with E-state index in [1.165, 1.54) is 38.5 Å². The molecule has 0 radical (unpaired) electrons.